The molecule has 0 radical (unpaired) electrons. The van der Waals surface area contributed by atoms with Crippen LogP contribution in [0.4, 0.5) is 33.5 Å². The van der Waals surface area contributed by atoms with Crippen LogP contribution in [0.5, 0.6) is 29.4 Å². The van der Waals surface area contributed by atoms with E-state index in [-0.39, 0.29) is 88.5 Å². The molecule has 0 saturated heterocycles. The van der Waals surface area contributed by atoms with Gasteiger partial charge in [0, 0.05) is 7.14 Å². The number of nitriles is 1. The average molecular weight is 1820 g/mol. The van der Waals surface area contributed by atoms with Gasteiger partial charge in [0.1, 0.15) is 35.8 Å². The molecule has 0 spiro atoms. The van der Waals surface area contributed by atoms with Crippen molar-refractivity contribution in [1.29, 1.82) is 5.26 Å². The average Bonchev–Trinajstić information content (AvgIpc) is 0.827. The molecule has 10 aromatic rings. The van der Waals surface area contributed by atoms with Crippen LogP contribution in [-0.4, -0.2) is 127 Å². The van der Waals surface area contributed by atoms with Gasteiger partial charge in [0.05, 0.1) is 99.0 Å². The Labute approximate surface area is 618 Å². The lowest BCUT2D eigenvalue weighted by Crippen LogP contribution is -2.16. The smallest absolute Gasteiger partial charge is 0.264 e. The lowest BCUT2D eigenvalue weighted by atomic mass is 10.2. The van der Waals surface area contributed by atoms with Crippen molar-refractivity contribution in [3.8, 4) is 35.5 Å². The lowest BCUT2D eigenvalue weighted by Gasteiger charge is -2.11. The van der Waals surface area contributed by atoms with Crippen LogP contribution in [-0.2, 0) is 50.1 Å². The predicted octanol–water partition coefficient (Wildman–Crippen LogP) is 10.1. The summed E-state index contributed by atoms with van der Waals surface area (Å²) in [6.07, 6.45) is 7.04. The monoisotopic (exact) mass is 1820 g/mol. The first kappa shape index (κ1) is 80.1. The van der Waals surface area contributed by atoms with Crippen molar-refractivity contribution >= 4 is 156 Å². The number of methoxy groups -OCH3 is 5. The molecule has 5 heterocycles. The van der Waals surface area contributed by atoms with Crippen molar-refractivity contribution < 1.29 is 70.2 Å². The summed E-state index contributed by atoms with van der Waals surface area (Å²) in [6.45, 7) is 5.15. The summed E-state index contributed by atoms with van der Waals surface area (Å²) in [4.78, 5) is 40.0. The number of aromatic nitrogens is 10. The zero-order valence-corrected chi connectivity index (χ0v) is 64.6. The summed E-state index contributed by atoms with van der Waals surface area (Å²) in [7, 11) is -12.2. The third-order valence-corrected chi connectivity index (χ3v) is 22.1. The third kappa shape index (κ3) is 22.8. The quantitative estimate of drug-likeness (QED) is 0.0443. The van der Waals surface area contributed by atoms with E-state index >= 15 is 0 Å². The molecule has 0 saturated carbocycles. The second kappa shape index (κ2) is 36.4. The van der Waals surface area contributed by atoms with Crippen molar-refractivity contribution in [1.82, 2.24) is 49.8 Å². The van der Waals surface area contributed by atoms with E-state index in [0.29, 0.717) is 33.4 Å². The Hall–Kier alpha value is -8.91. The summed E-state index contributed by atoms with van der Waals surface area (Å²) in [5.41, 5.74) is 1.85. The minimum Gasteiger partial charge on any atom is -0.478 e. The summed E-state index contributed by atoms with van der Waals surface area (Å²) < 4.78 is 174. The molecule has 0 unspecified atom stereocenters. The zero-order chi connectivity index (χ0) is 73.6. The molecule has 0 aliphatic carbocycles. The molecule has 0 aliphatic heterocycles. The number of ether oxygens (including phenoxy) is 5. The summed E-state index contributed by atoms with van der Waals surface area (Å²) in [5, 5.41) is 8.99. The Kier molecular flexibility index (Phi) is 29.2. The number of anilines is 5. The van der Waals surface area contributed by atoms with E-state index in [4.69, 9.17) is 28.9 Å². The van der Waals surface area contributed by atoms with E-state index in [1.54, 1.807) is 81.4 Å². The number of hydrogen-bond acceptors (Lipinski definition) is 26. The van der Waals surface area contributed by atoms with Crippen LogP contribution in [0, 0.1) is 45.1 Å². The van der Waals surface area contributed by atoms with Crippen molar-refractivity contribution in [2.75, 3.05) is 59.2 Å². The van der Waals surface area contributed by atoms with Crippen LogP contribution in [0.25, 0.3) is 0 Å². The maximum atomic E-state index is 13.1. The molecule has 526 valence electrons. The van der Waals surface area contributed by atoms with Crippen LogP contribution < -0.4 is 47.3 Å². The molecule has 41 heteroatoms. The first-order chi connectivity index (χ1) is 47.3. The highest BCUT2D eigenvalue weighted by Crippen LogP contribution is 2.30. The Balaban J connectivity index is 0.000000197. The van der Waals surface area contributed by atoms with Gasteiger partial charge in [-0.3, -0.25) is 23.6 Å². The number of aryl methyl sites for hydroxylation is 3. The summed E-state index contributed by atoms with van der Waals surface area (Å²) >= 11 is 10.2. The molecule has 0 bridgehead atoms. The Morgan fingerprint density at radius 1 is 0.390 bits per heavy atom. The minimum absolute atomic E-state index is 0.0316. The number of nitrogens with zero attached hydrogens (tertiary/aromatic N) is 11. The summed E-state index contributed by atoms with van der Waals surface area (Å²) in [5.74, 6) is -0.157. The van der Waals surface area contributed by atoms with Crippen LogP contribution in [0.1, 0.15) is 22.6 Å². The molecule has 0 aliphatic rings. The second-order valence-electron chi connectivity index (χ2n) is 19.0. The highest BCUT2D eigenvalue weighted by Gasteiger charge is 2.25. The maximum absolute atomic E-state index is 13.1. The SMILES string of the molecule is COc1nc(Br)cnc1NS(=O)(=O)c1ccccc1.COc1nc(Br)cnc1NS(=O)(=O)c1ccccc1I.COc1nc(C)cnc1NS(=O)(=O)c1cccc(F)c1.COc1nc(C)cnc1NS(=O)(=O)c1ccccc1C#N.COc1nc(C)cnc1NS(=O)(=O)c1ccccc1I. The van der Waals surface area contributed by atoms with Gasteiger partial charge in [-0.1, -0.05) is 60.7 Å². The molecule has 0 fully saturated rings. The van der Waals surface area contributed by atoms with Crippen molar-refractivity contribution in [2.24, 2.45) is 0 Å². The number of nitrogens with one attached hydrogen (secondary N) is 5. The zero-order valence-electron chi connectivity index (χ0n) is 53.0. The molecule has 0 amide bonds. The highest BCUT2D eigenvalue weighted by molar-refractivity contribution is 14.1. The maximum Gasteiger partial charge on any atom is 0.264 e. The van der Waals surface area contributed by atoms with Crippen LogP contribution >= 0.6 is 77.0 Å². The van der Waals surface area contributed by atoms with Gasteiger partial charge in [0.15, 0.2) is 0 Å². The number of sulfonamides is 5. The van der Waals surface area contributed by atoms with Crippen LogP contribution in [0.3, 0.4) is 0 Å². The van der Waals surface area contributed by atoms with E-state index in [2.05, 4.69) is 105 Å². The van der Waals surface area contributed by atoms with E-state index in [0.717, 1.165) is 12.1 Å². The van der Waals surface area contributed by atoms with Gasteiger partial charge < -0.3 is 23.7 Å². The van der Waals surface area contributed by atoms with Gasteiger partial charge >= 0.3 is 0 Å². The van der Waals surface area contributed by atoms with Crippen LogP contribution in [0.2, 0.25) is 0 Å². The molecule has 5 N–H and O–H groups in total. The Bertz CT molecular complexity index is 5070. The topological polar surface area (TPSA) is 430 Å². The fraction of sp³-hybridized carbons (Fsp3) is 0.136. The van der Waals surface area contributed by atoms with E-state index in [1.807, 2.05) is 51.3 Å². The van der Waals surface area contributed by atoms with E-state index < -0.39 is 55.9 Å². The molecule has 10 rings (SSSR count). The van der Waals surface area contributed by atoms with Gasteiger partial charge in [-0.25, -0.2) is 96.3 Å². The molecule has 100 heavy (non-hydrogen) atoms. The predicted molar refractivity (Wildman–Crippen MR) is 389 cm³/mol. The Morgan fingerprint density at radius 3 is 1.05 bits per heavy atom. The molecule has 0 atom stereocenters. The van der Waals surface area contributed by atoms with E-state index in [9.17, 15) is 46.5 Å². The molecule has 31 nitrogen and oxygen atoms in total. The van der Waals surface area contributed by atoms with Gasteiger partial charge in [0.2, 0.25) is 29.1 Å². The summed E-state index contributed by atoms with van der Waals surface area (Å²) in [6, 6.07) is 33.7. The van der Waals surface area contributed by atoms with Gasteiger partial charge in [0.25, 0.3) is 79.5 Å². The number of rotatable bonds is 20. The van der Waals surface area contributed by atoms with E-state index in [1.165, 1.54) is 121 Å². The molecular formula is C59H55Br2FI2N16O15S5. The minimum atomic E-state index is -3.96. The Morgan fingerprint density at radius 2 is 0.690 bits per heavy atom. The highest BCUT2D eigenvalue weighted by atomic mass is 127. The number of hydrogen-bond donors (Lipinski definition) is 5. The fourth-order valence-corrected chi connectivity index (χ4v) is 15.8. The van der Waals surface area contributed by atoms with Gasteiger partial charge in [-0.05, 0) is 165 Å². The lowest BCUT2D eigenvalue weighted by molar-refractivity contribution is 0.397. The first-order valence-corrected chi connectivity index (χ1v) is 38.7. The molecule has 5 aromatic heterocycles. The number of halogens is 5. The number of benzene rings is 5. The largest absolute Gasteiger partial charge is 0.478 e. The first-order valence-electron chi connectivity index (χ1n) is 27.5. The van der Waals surface area contributed by atoms with Crippen LogP contribution in [0.15, 0.2) is 192 Å². The molecular weight excluding hydrogens is 1770 g/mol. The van der Waals surface area contributed by atoms with Gasteiger partial charge in [-0.15, -0.1) is 0 Å². The molecule has 5 aromatic carbocycles. The van der Waals surface area contributed by atoms with Gasteiger partial charge in [-0.2, -0.15) is 5.26 Å². The van der Waals surface area contributed by atoms with Crippen molar-refractivity contribution in [3.63, 3.8) is 0 Å². The van der Waals surface area contributed by atoms with Crippen molar-refractivity contribution in [2.45, 2.75) is 45.2 Å². The van der Waals surface area contributed by atoms with Crippen molar-refractivity contribution in [3.05, 3.63) is 203 Å². The third-order valence-electron chi connectivity index (χ3n) is 11.8. The fourth-order valence-electron chi connectivity index (χ4n) is 7.40. The second-order valence-corrected chi connectivity index (χ2v) is 31.2. The standard InChI is InChI=1S/C13H12N4O3S.C12H12FN3O3S.C12H12IN3O3S.C11H9BrIN3O3S.C11H10BrN3O3S/c1-9-8-15-12(13(16-9)20-2)17-21(18,19)11-6-4-3-5-10(11)7-14;1-8-7-14-11(12(15-8)19-2)16-20(17,18)10-5-3-4-9(13)6-10;1-8-7-14-11(12(15-8)19-2)16-20(17,18)10-6-4-3-5-9(10)13;1-19-11-10(14-6-9(12)15-11)16-20(17,18)8-5-3-2-4-7(8)13;1-18-11-10(13-7-9(12)14-11)15-19(16,17)8-5-3-2-4-6-8/h3-6,8H,1-2H3,(H,15,17);2*3-7H,1-2H3,(H,14,16);2-6H,1H3,(H,14,16);2-7H,1H3,(H,13,15). The normalized spacial score (nSPS) is 11.0.